The first-order chi connectivity index (χ1) is 8.11. The molecule has 0 aromatic carbocycles. The van der Waals surface area contributed by atoms with Gasteiger partial charge in [0.25, 0.3) is 0 Å². The van der Waals surface area contributed by atoms with Crippen LogP contribution in [-0.2, 0) is 19.1 Å². The highest BCUT2D eigenvalue weighted by Crippen LogP contribution is 2.33. The predicted molar refractivity (Wildman–Crippen MR) is 67.8 cm³/mol. The van der Waals surface area contributed by atoms with E-state index >= 15 is 0 Å². The van der Waals surface area contributed by atoms with Gasteiger partial charge in [-0.15, -0.1) is 0 Å². The number of cyclic esters (lactones) is 1. The monoisotopic (exact) mass is 256 g/mol. The summed E-state index contributed by atoms with van der Waals surface area (Å²) < 4.78 is 10.4. The maximum atomic E-state index is 11.8. The molecule has 1 heterocycles. The molecule has 18 heavy (non-hydrogen) atoms. The van der Waals surface area contributed by atoms with E-state index in [0.29, 0.717) is 12.3 Å². The lowest BCUT2D eigenvalue weighted by molar-refractivity contribution is -0.193. The van der Waals surface area contributed by atoms with Crippen molar-refractivity contribution in [1.29, 1.82) is 0 Å². The molecule has 0 amide bonds. The van der Waals surface area contributed by atoms with Crippen LogP contribution in [0.15, 0.2) is 0 Å². The van der Waals surface area contributed by atoms with E-state index in [-0.39, 0.29) is 29.9 Å². The first kappa shape index (κ1) is 15.0. The minimum Gasteiger partial charge on any atom is -0.461 e. The quantitative estimate of drug-likeness (QED) is 0.725. The lowest BCUT2D eigenvalue weighted by Crippen LogP contribution is -2.49. The first-order valence-electron chi connectivity index (χ1n) is 6.55. The maximum Gasteiger partial charge on any atom is 0.313 e. The number of carbonyl (C=O) groups is 2. The molecule has 0 aromatic heterocycles. The number of hydrogen-bond acceptors (Lipinski definition) is 4. The Labute approximate surface area is 109 Å². The van der Waals surface area contributed by atoms with E-state index in [4.69, 9.17) is 9.47 Å². The molecule has 0 spiro atoms. The molecule has 0 N–H and O–H groups in total. The van der Waals surface area contributed by atoms with Crippen molar-refractivity contribution in [2.75, 3.05) is 0 Å². The Morgan fingerprint density at radius 1 is 1.33 bits per heavy atom. The fourth-order valence-electron chi connectivity index (χ4n) is 2.08. The Morgan fingerprint density at radius 3 is 2.28 bits per heavy atom. The van der Waals surface area contributed by atoms with Gasteiger partial charge in [-0.3, -0.25) is 9.59 Å². The van der Waals surface area contributed by atoms with E-state index in [1.54, 1.807) is 6.92 Å². The van der Waals surface area contributed by atoms with Crippen LogP contribution in [0.4, 0.5) is 0 Å². The summed E-state index contributed by atoms with van der Waals surface area (Å²) in [6.45, 7) is 11.4. The second-order valence-corrected chi connectivity index (χ2v) is 6.42. The Balaban J connectivity index is 2.51. The standard InChI is InChI=1S/C14H24O4/c1-8(2)11-10(13(16)17-11)7-9(3)12(15)18-14(4,5)6/h8-11H,7H2,1-6H3/t9-,10-,11+/m1/s1. The zero-order valence-corrected chi connectivity index (χ0v) is 12.1. The highest BCUT2D eigenvalue weighted by Gasteiger charge is 2.45. The van der Waals surface area contributed by atoms with Crippen LogP contribution in [0, 0.1) is 17.8 Å². The summed E-state index contributed by atoms with van der Waals surface area (Å²) in [6, 6.07) is 0. The summed E-state index contributed by atoms with van der Waals surface area (Å²) in [7, 11) is 0. The average Bonchev–Trinajstić information content (AvgIpc) is 2.19. The van der Waals surface area contributed by atoms with Crippen LogP contribution in [0.2, 0.25) is 0 Å². The van der Waals surface area contributed by atoms with E-state index in [2.05, 4.69) is 0 Å². The Morgan fingerprint density at radius 2 is 1.89 bits per heavy atom. The molecule has 1 aliphatic heterocycles. The van der Waals surface area contributed by atoms with Crippen molar-refractivity contribution >= 4 is 11.9 Å². The molecule has 1 saturated heterocycles. The van der Waals surface area contributed by atoms with Gasteiger partial charge in [0.1, 0.15) is 11.7 Å². The first-order valence-corrected chi connectivity index (χ1v) is 6.55. The SMILES string of the molecule is CC(C)[C@@H]1OC(=O)[C@@H]1C[C@@H](C)C(=O)OC(C)(C)C. The molecule has 1 fully saturated rings. The van der Waals surface area contributed by atoms with Crippen LogP contribution >= 0.6 is 0 Å². The fraction of sp³-hybridized carbons (Fsp3) is 0.857. The van der Waals surface area contributed by atoms with Crippen LogP contribution in [0.3, 0.4) is 0 Å². The summed E-state index contributed by atoms with van der Waals surface area (Å²) in [5.41, 5.74) is -0.483. The van der Waals surface area contributed by atoms with Gasteiger partial charge < -0.3 is 9.47 Å². The molecule has 0 radical (unpaired) electrons. The van der Waals surface area contributed by atoms with E-state index in [1.165, 1.54) is 0 Å². The van der Waals surface area contributed by atoms with Gasteiger partial charge >= 0.3 is 11.9 Å². The van der Waals surface area contributed by atoms with Gasteiger partial charge in [0.2, 0.25) is 0 Å². The van der Waals surface area contributed by atoms with Crippen LogP contribution < -0.4 is 0 Å². The van der Waals surface area contributed by atoms with E-state index in [0.717, 1.165) is 0 Å². The third-order valence-corrected chi connectivity index (χ3v) is 3.03. The normalized spacial score (nSPS) is 25.4. The lowest BCUT2D eigenvalue weighted by Gasteiger charge is -2.38. The van der Waals surface area contributed by atoms with E-state index < -0.39 is 5.60 Å². The summed E-state index contributed by atoms with van der Waals surface area (Å²) in [4.78, 5) is 23.3. The Hall–Kier alpha value is -1.06. The smallest absolute Gasteiger partial charge is 0.313 e. The predicted octanol–water partition coefficient (Wildman–Crippen LogP) is 2.55. The van der Waals surface area contributed by atoms with Crippen molar-refractivity contribution < 1.29 is 19.1 Å². The summed E-state index contributed by atoms with van der Waals surface area (Å²) in [5.74, 6) is -0.580. The number of carbonyl (C=O) groups excluding carboxylic acids is 2. The van der Waals surface area contributed by atoms with Crippen molar-refractivity contribution in [3.8, 4) is 0 Å². The fourth-order valence-corrected chi connectivity index (χ4v) is 2.08. The van der Waals surface area contributed by atoms with Gasteiger partial charge in [-0.25, -0.2) is 0 Å². The van der Waals surface area contributed by atoms with Crippen molar-refractivity contribution in [2.45, 2.75) is 59.7 Å². The average molecular weight is 256 g/mol. The van der Waals surface area contributed by atoms with Crippen molar-refractivity contribution in [3.05, 3.63) is 0 Å². The summed E-state index contributed by atoms with van der Waals surface area (Å²) >= 11 is 0. The number of rotatable bonds is 4. The molecule has 1 aliphatic rings. The van der Waals surface area contributed by atoms with Crippen LogP contribution in [0.25, 0.3) is 0 Å². The zero-order valence-electron chi connectivity index (χ0n) is 12.1. The molecule has 4 nitrogen and oxygen atoms in total. The largest absolute Gasteiger partial charge is 0.461 e. The number of hydrogen-bond donors (Lipinski definition) is 0. The molecule has 0 bridgehead atoms. The van der Waals surface area contributed by atoms with Gasteiger partial charge in [0, 0.05) is 0 Å². The third kappa shape index (κ3) is 3.72. The molecular weight excluding hydrogens is 232 g/mol. The topological polar surface area (TPSA) is 52.6 Å². The number of ether oxygens (including phenoxy) is 2. The highest BCUT2D eigenvalue weighted by atomic mass is 16.6. The van der Waals surface area contributed by atoms with E-state index in [1.807, 2.05) is 34.6 Å². The molecule has 104 valence electrons. The van der Waals surface area contributed by atoms with Gasteiger partial charge in [-0.05, 0) is 33.1 Å². The molecule has 4 heteroatoms. The number of esters is 2. The third-order valence-electron chi connectivity index (χ3n) is 3.03. The van der Waals surface area contributed by atoms with Gasteiger partial charge in [0.15, 0.2) is 0 Å². The minimum atomic E-state index is -0.483. The second kappa shape index (κ2) is 5.29. The molecule has 0 saturated carbocycles. The lowest BCUT2D eigenvalue weighted by atomic mass is 9.82. The van der Waals surface area contributed by atoms with Crippen LogP contribution in [0.5, 0.6) is 0 Å². The van der Waals surface area contributed by atoms with Crippen molar-refractivity contribution in [2.24, 2.45) is 17.8 Å². The second-order valence-electron chi connectivity index (χ2n) is 6.42. The van der Waals surface area contributed by atoms with Gasteiger partial charge in [-0.1, -0.05) is 20.8 Å². The van der Waals surface area contributed by atoms with Crippen LogP contribution in [-0.4, -0.2) is 23.6 Å². The van der Waals surface area contributed by atoms with Crippen molar-refractivity contribution in [1.82, 2.24) is 0 Å². The summed E-state index contributed by atoms with van der Waals surface area (Å²) in [6.07, 6.45) is 0.457. The molecule has 1 rings (SSSR count). The molecule has 0 aliphatic carbocycles. The van der Waals surface area contributed by atoms with Crippen LogP contribution in [0.1, 0.15) is 48.0 Å². The van der Waals surface area contributed by atoms with Gasteiger partial charge in [-0.2, -0.15) is 0 Å². The van der Waals surface area contributed by atoms with Gasteiger partial charge in [0.05, 0.1) is 11.8 Å². The maximum absolute atomic E-state index is 11.8. The Bertz CT molecular complexity index is 327. The zero-order chi connectivity index (χ0) is 14.1. The van der Waals surface area contributed by atoms with Crippen molar-refractivity contribution in [3.63, 3.8) is 0 Å². The molecule has 3 atom stereocenters. The van der Waals surface area contributed by atoms with E-state index in [9.17, 15) is 9.59 Å². The molecule has 0 unspecified atom stereocenters. The molecule has 0 aromatic rings. The summed E-state index contributed by atoms with van der Waals surface area (Å²) in [5, 5.41) is 0. The minimum absolute atomic E-state index is 0.0533. The Kier molecular flexibility index (Phi) is 4.41. The highest BCUT2D eigenvalue weighted by molar-refractivity contribution is 5.80. The molecular formula is C14H24O4.